The molecule has 0 radical (unpaired) electrons. The molecule has 1 N–H and O–H groups in total. The molecule has 0 aliphatic carbocycles. The highest BCUT2D eigenvalue weighted by Gasteiger charge is 2.23. The third kappa shape index (κ3) is 5.30. The Hall–Kier alpha value is -2.44. The van der Waals surface area contributed by atoms with E-state index in [0.717, 1.165) is 5.56 Å². The van der Waals surface area contributed by atoms with Crippen molar-refractivity contribution in [2.24, 2.45) is 0 Å². The smallest absolute Gasteiger partial charge is 0.253 e. The van der Waals surface area contributed by atoms with E-state index in [4.69, 9.17) is 11.6 Å². The van der Waals surface area contributed by atoms with Crippen molar-refractivity contribution in [1.82, 2.24) is 15.1 Å². The monoisotopic (exact) mass is 403 g/mol. The first kappa shape index (κ1) is 20.3. The molecule has 0 spiro atoms. The zero-order valence-electron chi connectivity index (χ0n) is 15.8. The van der Waals surface area contributed by atoms with Crippen molar-refractivity contribution in [3.05, 3.63) is 70.0 Å². The molecule has 1 saturated heterocycles. The van der Waals surface area contributed by atoms with Crippen molar-refractivity contribution >= 4 is 23.4 Å². The summed E-state index contributed by atoms with van der Waals surface area (Å²) < 4.78 is 13.6. The number of rotatable bonds is 5. The van der Waals surface area contributed by atoms with E-state index >= 15 is 0 Å². The highest BCUT2D eigenvalue weighted by atomic mass is 35.5. The van der Waals surface area contributed by atoms with Gasteiger partial charge in [0.05, 0.1) is 6.54 Å². The molecule has 28 heavy (non-hydrogen) atoms. The molecule has 2 amide bonds. The first-order chi connectivity index (χ1) is 13.4. The molecular weight excluding hydrogens is 381 g/mol. The van der Waals surface area contributed by atoms with E-state index in [1.807, 2.05) is 4.90 Å². The number of carbonyl (C=O) groups is 2. The van der Waals surface area contributed by atoms with Crippen molar-refractivity contribution in [2.75, 3.05) is 32.7 Å². The fourth-order valence-corrected chi connectivity index (χ4v) is 3.22. The van der Waals surface area contributed by atoms with E-state index in [0.29, 0.717) is 48.9 Å². The van der Waals surface area contributed by atoms with Crippen LogP contribution in [-0.4, -0.2) is 54.3 Å². The fraction of sp³-hybridized carbons (Fsp3) is 0.333. The number of nitrogens with zero attached hydrogens (tertiary/aromatic N) is 2. The summed E-state index contributed by atoms with van der Waals surface area (Å²) in [5.41, 5.74) is 1.93. The number of carbonyl (C=O) groups excluding carboxylic acids is 2. The molecule has 1 aliphatic heterocycles. The number of amides is 2. The summed E-state index contributed by atoms with van der Waals surface area (Å²) in [5, 5.41) is 3.42. The molecule has 2 aromatic carbocycles. The summed E-state index contributed by atoms with van der Waals surface area (Å²) in [6, 6.07) is 11.8. The van der Waals surface area contributed by atoms with Crippen LogP contribution in [0.3, 0.4) is 0 Å². The molecule has 2 aromatic rings. The van der Waals surface area contributed by atoms with Gasteiger partial charge in [-0.25, -0.2) is 4.39 Å². The van der Waals surface area contributed by atoms with Gasteiger partial charge in [0.15, 0.2) is 0 Å². The summed E-state index contributed by atoms with van der Waals surface area (Å²) >= 11 is 5.86. The number of nitrogens with one attached hydrogen (secondary N) is 1. The highest BCUT2D eigenvalue weighted by molar-refractivity contribution is 6.30. The lowest BCUT2D eigenvalue weighted by molar-refractivity contribution is -0.122. The van der Waals surface area contributed by atoms with Gasteiger partial charge in [0.2, 0.25) is 5.91 Å². The van der Waals surface area contributed by atoms with Crippen molar-refractivity contribution in [3.8, 4) is 0 Å². The van der Waals surface area contributed by atoms with Crippen molar-refractivity contribution in [2.45, 2.75) is 13.5 Å². The third-order valence-corrected chi connectivity index (χ3v) is 5.10. The van der Waals surface area contributed by atoms with Gasteiger partial charge in [-0.2, -0.15) is 0 Å². The molecule has 1 fully saturated rings. The van der Waals surface area contributed by atoms with Crippen LogP contribution >= 0.6 is 11.6 Å². The van der Waals surface area contributed by atoms with E-state index in [2.05, 4.69) is 5.32 Å². The maximum absolute atomic E-state index is 13.6. The van der Waals surface area contributed by atoms with Gasteiger partial charge in [0, 0.05) is 43.3 Å². The first-order valence-electron chi connectivity index (χ1n) is 9.21. The fourth-order valence-electron chi connectivity index (χ4n) is 3.09. The van der Waals surface area contributed by atoms with Gasteiger partial charge in [-0.3, -0.25) is 14.5 Å². The van der Waals surface area contributed by atoms with Crippen LogP contribution in [0, 0.1) is 12.7 Å². The lowest BCUT2D eigenvalue weighted by atomic mass is 10.1. The summed E-state index contributed by atoms with van der Waals surface area (Å²) in [4.78, 5) is 28.5. The third-order valence-electron chi connectivity index (χ3n) is 4.84. The molecule has 148 valence electrons. The Bertz CT molecular complexity index is 849. The second kappa shape index (κ2) is 9.17. The van der Waals surface area contributed by atoms with E-state index in [-0.39, 0.29) is 24.2 Å². The second-order valence-electron chi connectivity index (χ2n) is 6.94. The van der Waals surface area contributed by atoms with Crippen LogP contribution in [0.4, 0.5) is 4.39 Å². The Morgan fingerprint density at radius 3 is 2.39 bits per heavy atom. The summed E-state index contributed by atoms with van der Waals surface area (Å²) in [6.45, 7) is 4.66. The number of benzene rings is 2. The van der Waals surface area contributed by atoms with Gasteiger partial charge in [-0.1, -0.05) is 23.7 Å². The van der Waals surface area contributed by atoms with Gasteiger partial charge in [0.1, 0.15) is 5.82 Å². The number of aryl methyl sites for hydroxylation is 1. The van der Waals surface area contributed by atoms with Crippen molar-refractivity contribution < 1.29 is 14.0 Å². The quantitative estimate of drug-likeness (QED) is 0.835. The van der Waals surface area contributed by atoms with Gasteiger partial charge in [-0.05, 0) is 48.4 Å². The van der Waals surface area contributed by atoms with Gasteiger partial charge < -0.3 is 10.2 Å². The average Bonchev–Trinajstić information content (AvgIpc) is 2.69. The molecule has 5 nitrogen and oxygen atoms in total. The second-order valence-corrected chi connectivity index (χ2v) is 7.37. The molecule has 1 heterocycles. The minimum absolute atomic E-state index is 0.0258. The topological polar surface area (TPSA) is 52.7 Å². The number of halogens is 2. The van der Waals surface area contributed by atoms with E-state index in [1.165, 1.54) is 6.07 Å². The van der Waals surface area contributed by atoms with Crippen LogP contribution in [0.15, 0.2) is 42.5 Å². The molecule has 7 heteroatoms. The normalized spacial score (nSPS) is 14.8. The Morgan fingerprint density at radius 2 is 1.75 bits per heavy atom. The maximum atomic E-state index is 13.6. The maximum Gasteiger partial charge on any atom is 0.253 e. The molecule has 3 rings (SSSR count). The van der Waals surface area contributed by atoms with Crippen LogP contribution in [-0.2, 0) is 11.3 Å². The summed E-state index contributed by atoms with van der Waals surface area (Å²) in [7, 11) is 0. The predicted molar refractivity (Wildman–Crippen MR) is 107 cm³/mol. The predicted octanol–water partition coefficient (Wildman–Crippen LogP) is 2.86. The Kier molecular flexibility index (Phi) is 6.65. The molecule has 0 unspecified atom stereocenters. The van der Waals surface area contributed by atoms with Gasteiger partial charge in [-0.15, -0.1) is 0 Å². The molecule has 0 saturated carbocycles. The standard InChI is InChI=1S/C21H23ClFN3O2/c1-15-2-3-16(12-19(15)23)13-24-20(27)14-25-8-10-26(11-9-25)21(28)17-4-6-18(22)7-5-17/h2-7,12H,8-11,13-14H2,1H3,(H,24,27). The molecule has 1 aliphatic rings. The van der Waals surface area contributed by atoms with Crippen LogP contribution in [0.5, 0.6) is 0 Å². The Morgan fingerprint density at radius 1 is 1.07 bits per heavy atom. The van der Waals surface area contributed by atoms with E-state index < -0.39 is 0 Å². The zero-order valence-corrected chi connectivity index (χ0v) is 16.5. The van der Waals surface area contributed by atoms with Crippen LogP contribution in [0.2, 0.25) is 5.02 Å². The van der Waals surface area contributed by atoms with Crippen LogP contribution < -0.4 is 5.32 Å². The molecule has 0 atom stereocenters. The van der Waals surface area contributed by atoms with Crippen LogP contribution in [0.1, 0.15) is 21.5 Å². The summed E-state index contributed by atoms with van der Waals surface area (Å²) in [5.74, 6) is -0.408. The highest BCUT2D eigenvalue weighted by Crippen LogP contribution is 2.13. The molecular formula is C21H23ClFN3O2. The lowest BCUT2D eigenvalue weighted by Crippen LogP contribution is -2.51. The van der Waals surface area contributed by atoms with E-state index in [1.54, 1.807) is 48.2 Å². The largest absolute Gasteiger partial charge is 0.351 e. The number of piperazine rings is 1. The minimum atomic E-state index is -0.270. The Balaban J connectivity index is 1.43. The lowest BCUT2D eigenvalue weighted by Gasteiger charge is -2.34. The van der Waals surface area contributed by atoms with Gasteiger partial charge in [0.25, 0.3) is 5.91 Å². The van der Waals surface area contributed by atoms with E-state index in [9.17, 15) is 14.0 Å². The first-order valence-corrected chi connectivity index (χ1v) is 9.59. The molecule has 0 aromatic heterocycles. The average molecular weight is 404 g/mol. The SMILES string of the molecule is Cc1ccc(CNC(=O)CN2CCN(C(=O)c3ccc(Cl)cc3)CC2)cc1F. The van der Waals surface area contributed by atoms with Crippen molar-refractivity contribution in [3.63, 3.8) is 0 Å². The van der Waals surface area contributed by atoms with Crippen LogP contribution in [0.25, 0.3) is 0 Å². The van der Waals surface area contributed by atoms with Crippen molar-refractivity contribution in [1.29, 1.82) is 0 Å². The Labute approximate surface area is 169 Å². The molecule has 0 bridgehead atoms. The summed E-state index contributed by atoms with van der Waals surface area (Å²) in [6.07, 6.45) is 0. The zero-order chi connectivity index (χ0) is 20.1. The number of hydrogen-bond donors (Lipinski definition) is 1. The number of hydrogen-bond acceptors (Lipinski definition) is 3. The van der Waals surface area contributed by atoms with Gasteiger partial charge >= 0.3 is 0 Å². The minimum Gasteiger partial charge on any atom is -0.351 e.